The van der Waals surface area contributed by atoms with E-state index < -0.39 is 4.92 Å². The Kier molecular flexibility index (Phi) is 4.87. The number of methoxy groups -OCH3 is 1. The Hall–Kier alpha value is -3.15. The number of hydrogen-bond donors (Lipinski definition) is 1. The molecule has 0 aliphatic rings. The zero-order valence-electron chi connectivity index (χ0n) is 11.9. The van der Waals surface area contributed by atoms with Crippen LogP contribution in [0.25, 0.3) is 0 Å². The first-order chi connectivity index (χ1) is 10.6. The van der Waals surface area contributed by atoms with Crippen molar-refractivity contribution in [1.82, 2.24) is 0 Å². The molecule has 2 aromatic carbocycles. The van der Waals surface area contributed by atoms with E-state index in [1.807, 2.05) is 6.07 Å². The minimum Gasteiger partial charge on any atom is -0.494 e. The number of nitro groups is 1. The van der Waals surface area contributed by atoms with Crippen LogP contribution in [0.5, 0.6) is 5.75 Å². The van der Waals surface area contributed by atoms with Crippen LogP contribution < -0.4 is 10.1 Å². The second-order valence-corrected chi connectivity index (χ2v) is 4.35. The van der Waals surface area contributed by atoms with Crippen LogP contribution >= 0.6 is 0 Å². The van der Waals surface area contributed by atoms with Gasteiger partial charge in [0.15, 0.2) is 5.78 Å². The highest BCUT2D eigenvalue weighted by Gasteiger charge is 2.10. The summed E-state index contributed by atoms with van der Waals surface area (Å²) in [4.78, 5) is 22.1. The number of carbonyl (C=O) groups excluding carboxylic acids is 1. The highest BCUT2D eigenvalue weighted by Crippen LogP contribution is 2.28. The first kappa shape index (κ1) is 15.2. The van der Waals surface area contributed by atoms with Crippen molar-refractivity contribution in [1.29, 1.82) is 0 Å². The lowest BCUT2D eigenvalue weighted by atomic mass is 10.1. The summed E-state index contributed by atoms with van der Waals surface area (Å²) in [6, 6.07) is 13.0. The van der Waals surface area contributed by atoms with Gasteiger partial charge in [-0.2, -0.15) is 0 Å². The van der Waals surface area contributed by atoms with Crippen molar-refractivity contribution in [3.05, 3.63) is 76.5 Å². The summed E-state index contributed by atoms with van der Waals surface area (Å²) in [7, 11) is 1.42. The molecule has 0 aliphatic carbocycles. The fourth-order valence-electron chi connectivity index (χ4n) is 1.82. The third kappa shape index (κ3) is 3.69. The highest BCUT2D eigenvalue weighted by atomic mass is 16.6. The number of allylic oxidation sites excluding steroid dienone is 1. The molecule has 0 heterocycles. The van der Waals surface area contributed by atoms with E-state index in [0.717, 1.165) is 0 Å². The van der Waals surface area contributed by atoms with Crippen LogP contribution in [0.4, 0.5) is 11.4 Å². The molecule has 0 spiro atoms. The molecule has 0 fully saturated rings. The van der Waals surface area contributed by atoms with E-state index in [0.29, 0.717) is 17.0 Å². The second kappa shape index (κ2) is 7.03. The number of nitro benzene ring substituents is 1. The Bertz CT molecular complexity index is 711. The average molecular weight is 298 g/mol. The van der Waals surface area contributed by atoms with Crippen molar-refractivity contribution >= 4 is 17.2 Å². The first-order valence-electron chi connectivity index (χ1n) is 6.46. The minimum absolute atomic E-state index is 0.0632. The van der Waals surface area contributed by atoms with Crippen LogP contribution in [0.15, 0.2) is 60.8 Å². The van der Waals surface area contributed by atoms with Crippen molar-refractivity contribution in [3.8, 4) is 5.75 Å². The Labute approximate surface area is 127 Å². The van der Waals surface area contributed by atoms with Crippen LogP contribution in [0, 0.1) is 10.1 Å². The van der Waals surface area contributed by atoms with Gasteiger partial charge in [0.05, 0.1) is 23.8 Å². The summed E-state index contributed by atoms with van der Waals surface area (Å²) in [5, 5.41) is 13.6. The summed E-state index contributed by atoms with van der Waals surface area (Å²) < 4.78 is 5.09. The Morgan fingerprint density at radius 1 is 1.23 bits per heavy atom. The highest BCUT2D eigenvalue weighted by molar-refractivity contribution is 6.04. The molecule has 0 aliphatic heterocycles. The number of rotatable bonds is 6. The standard InChI is InChI=1S/C16H14N2O4/c1-22-16-11-13(18(20)21)7-8-14(16)17-10-9-15(19)12-5-3-2-4-6-12/h2-11,17H,1H3/b10-9+. The summed E-state index contributed by atoms with van der Waals surface area (Å²) in [6.07, 6.45) is 2.86. The van der Waals surface area contributed by atoms with Gasteiger partial charge in [0.1, 0.15) is 5.75 Å². The van der Waals surface area contributed by atoms with Crippen molar-refractivity contribution in [2.24, 2.45) is 0 Å². The molecule has 1 N–H and O–H groups in total. The fourth-order valence-corrected chi connectivity index (χ4v) is 1.82. The van der Waals surface area contributed by atoms with Gasteiger partial charge in [-0.25, -0.2) is 0 Å². The van der Waals surface area contributed by atoms with Crippen LogP contribution in [0.1, 0.15) is 10.4 Å². The van der Waals surface area contributed by atoms with Crippen molar-refractivity contribution in [2.75, 3.05) is 12.4 Å². The van der Waals surface area contributed by atoms with E-state index in [1.54, 1.807) is 24.3 Å². The molecule has 0 amide bonds. The Morgan fingerprint density at radius 3 is 2.59 bits per heavy atom. The number of ether oxygens (including phenoxy) is 1. The molecule has 0 saturated carbocycles. The molecule has 6 nitrogen and oxygen atoms in total. The summed E-state index contributed by atoms with van der Waals surface area (Å²) in [5.41, 5.74) is 1.05. The van der Waals surface area contributed by atoms with Gasteiger partial charge < -0.3 is 10.1 Å². The molecular weight excluding hydrogens is 284 g/mol. The van der Waals surface area contributed by atoms with Gasteiger partial charge in [-0.3, -0.25) is 14.9 Å². The van der Waals surface area contributed by atoms with Gasteiger partial charge in [-0.1, -0.05) is 30.3 Å². The third-order valence-electron chi connectivity index (χ3n) is 2.93. The number of nitrogens with one attached hydrogen (secondary N) is 1. The third-order valence-corrected chi connectivity index (χ3v) is 2.93. The number of anilines is 1. The molecular formula is C16H14N2O4. The molecule has 2 aromatic rings. The predicted octanol–water partition coefficient (Wildman–Crippen LogP) is 3.41. The van der Waals surface area contributed by atoms with Crippen LogP contribution in [0.2, 0.25) is 0 Å². The molecule has 0 aromatic heterocycles. The maximum absolute atomic E-state index is 11.9. The lowest BCUT2D eigenvalue weighted by Gasteiger charge is -2.07. The van der Waals surface area contributed by atoms with Gasteiger partial charge in [-0.05, 0) is 6.07 Å². The molecule has 2 rings (SSSR count). The number of nitrogens with zero attached hydrogens (tertiary/aromatic N) is 1. The first-order valence-corrected chi connectivity index (χ1v) is 6.46. The van der Waals surface area contributed by atoms with Gasteiger partial charge >= 0.3 is 0 Å². The van der Waals surface area contributed by atoms with Gasteiger partial charge in [0.25, 0.3) is 5.69 Å². The number of non-ortho nitro benzene ring substituents is 1. The van der Waals surface area contributed by atoms with Gasteiger partial charge in [0.2, 0.25) is 0 Å². The molecule has 6 heteroatoms. The molecule has 0 saturated heterocycles. The number of ketones is 1. The van der Waals surface area contributed by atoms with Crippen LogP contribution in [-0.2, 0) is 0 Å². The maximum Gasteiger partial charge on any atom is 0.273 e. The predicted molar refractivity (Wildman–Crippen MR) is 83.2 cm³/mol. The van der Waals surface area contributed by atoms with Crippen LogP contribution in [-0.4, -0.2) is 17.8 Å². The summed E-state index contributed by atoms with van der Waals surface area (Å²) in [6.45, 7) is 0. The normalized spacial score (nSPS) is 10.4. The van der Waals surface area contributed by atoms with Crippen molar-refractivity contribution < 1.29 is 14.5 Å². The molecule has 112 valence electrons. The Morgan fingerprint density at radius 2 is 1.95 bits per heavy atom. The van der Waals surface area contributed by atoms with Crippen molar-refractivity contribution in [3.63, 3.8) is 0 Å². The van der Waals surface area contributed by atoms with Gasteiger partial charge in [0, 0.05) is 23.9 Å². The fraction of sp³-hybridized carbons (Fsp3) is 0.0625. The van der Waals surface area contributed by atoms with Gasteiger partial charge in [-0.15, -0.1) is 0 Å². The topological polar surface area (TPSA) is 81.5 Å². The molecule has 22 heavy (non-hydrogen) atoms. The van der Waals surface area contributed by atoms with E-state index in [2.05, 4.69) is 5.32 Å². The lowest BCUT2D eigenvalue weighted by molar-refractivity contribution is -0.384. The van der Waals surface area contributed by atoms with Crippen LogP contribution in [0.3, 0.4) is 0 Å². The molecule has 0 unspecified atom stereocenters. The summed E-state index contributed by atoms with van der Waals surface area (Å²) >= 11 is 0. The monoisotopic (exact) mass is 298 g/mol. The zero-order valence-corrected chi connectivity index (χ0v) is 11.9. The number of hydrogen-bond acceptors (Lipinski definition) is 5. The molecule has 0 bridgehead atoms. The van der Waals surface area contributed by atoms with E-state index in [1.165, 1.54) is 37.6 Å². The van der Waals surface area contributed by atoms with E-state index in [-0.39, 0.29) is 11.5 Å². The van der Waals surface area contributed by atoms with E-state index >= 15 is 0 Å². The maximum atomic E-state index is 11.9. The largest absolute Gasteiger partial charge is 0.494 e. The SMILES string of the molecule is COc1cc([N+](=O)[O-])ccc1N/C=C/C(=O)c1ccccc1. The smallest absolute Gasteiger partial charge is 0.273 e. The lowest BCUT2D eigenvalue weighted by Crippen LogP contribution is -1.98. The summed E-state index contributed by atoms with van der Waals surface area (Å²) in [5.74, 6) is 0.181. The molecule has 0 atom stereocenters. The Balaban J connectivity index is 2.09. The number of benzene rings is 2. The van der Waals surface area contributed by atoms with Crippen molar-refractivity contribution in [2.45, 2.75) is 0 Å². The van der Waals surface area contributed by atoms with E-state index in [9.17, 15) is 14.9 Å². The minimum atomic E-state index is -0.499. The molecule has 0 radical (unpaired) electrons. The zero-order chi connectivity index (χ0) is 15.9. The van der Waals surface area contributed by atoms with E-state index in [4.69, 9.17) is 4.74 Å². The number of carbonyl (C=O) groups is 1. The average Bonchev–Trinajstić information content (AvgIpc) is 2.55. The second-order valence-electron chi connectivity index (χ2n) is 4.35. The quantitative estimate of drug-likeness (QED) is 0.382.